The number of halogens is 1. The van der Waals surface area contributed by atoms with Crippen molar-refractivity contribution in [3.8, 4) is 0 Å². The number of sulfone groups is 1. The van der Waals surface area contributed by atoms with Crippen LogP contribution in [0.5, 0.6) is 0 Å². The lowest BCUT2D eigenvalue weighted by molar-refractivity contribution is 0.506. The molecule has 0 aliphatic carbocycles. The highest BCUT2D eigenvalue weighted by Crippen LogP contribution is 2.30. The van der Waals surface area contributed by atoms with Crippen molar-refractivity contribution < 1.29 is 17.2 Å². The second-order valence-corrected chi connectivity index (χ2v) is 7.60. The summed E-state index contributed by atoms with van der Waals surface area (Å²) < 4.78 is 44.5. The van der Waals surface area contributed by atoms with E-state index >= 15 is 0 Å². The maximum absolute atomic E-state index is 13.1. The second kappa shape index (κ2) is 6.68. The number of hydrogen-bond donors (Lipinski definition) is 0. The van der Waals surface area contributed by atoms with Gasteiger partial charge in [-0.1, -0.05) is 30.3 Å². The highest BCUT2D eigenvalue weighted by Gasteiger charge is 2.29. The van der Waals surface area contributed by atoms with Crippen molar-refractivity contribution in [1.29, 1.82) is 0 Å². The molecule has 0 radical (unpaired) electrons. The zero-order chi connectivity index (χ0) is 18.0. The molecule has 1 aromatic heterocycles. The fourth-order valence-corrected chi connectivity index (χ4v) is 3.76. The minimum atomic E-state index is -3.92. The fraction of sp³-hybridized carbons (Fsp3) is 0.167. The zero-order valence-electron chi connectivity index (χ0n) is 13.8. The summed E-state index contributed by atoms with van der Waals surface area (Å²) in [7, 11) is -0.562. The third-order valence-corrected chi connectivity index (χ3v) is 5.27. The lowest BCUT2D eigenvalue weighted by Crippen LogP contribution is -2.13. The molecule has 5 nitrogen and oxygen atoms in total. The van der Waals surface area contributed by atoms with Crippen LogP contribution in [0.3, 0.4) is 0 Å². The first-order chi connectivity index (χ1) is 11.9. The van der Waals surface area contributed by atoms with Gasteiger partial charge in [-0.15, -0.1) is 0 Å². The monoisotopic (exact) mass is 360 g/mol. The molecule has 0 N–H and O–H groups in total. The van der Waals surface area contributed by atoms with E-state index in [1.54, 1.807) is 19.0 Å². The molecule has 0 unspecified atom stereocenters. The first-order valence-corrected chi connectivity index (χ1v) is 9.08. The number of hydrogen-bond acceptors (Lipinski definition) is 5. The van der Waals surface area contributed by atoms with Gasteiger partial charge in [0.15, 0.2) is 0 Å². The summed E-state index contributed by atoms with van der Waals surface area (Å²) in [6.45, 7) is 0. The molecule has 130 valence electrons. The average molecular weight is 360 g/mol. The van der Waals surface area contributed by atoms with Crippen molar-refractivity contribution in [3.05, 3.63) is 71.9 Å². The predicted molar refractivity (Wildman–Crippen MR) is 91.9 cm³/mol. The third-order valence-electron chi connectivity index (χ3n) is 3.61. The molecule has 0 aliphatic heterocycles. The summed E-state index contributed by atoms with van der Waals surface area (Å²) in [5, 5.41) is -0.171. The van der Waals surface area contributed by atoms with E-state index in [1.165, 1.54) is 12.1 Å². The van der Waals surface area contributed by atoms with E-state index in [0.29, 0.717) is 12.3 Å². The molecule has 3 aromatic rings. The van der Waals surface area contributed by atoms with Crippen LogP contribution < -0.4 is 4.90 Å². The standard InChI is InChI=1S/C18H17FN2O3S/c1-21(2)18-17(25(22,23)15-10-8-14(19)9-11-15)20-16(24-18)12-13-6-4-3-5-7-13/h3-11H,12H2,1-2H3. The first-order valence-electron chi connectivity index (χ1n) is 7.59. The predicted octanol–water partition coefficient (Wildman–Crippen LogP) is 3.30. The van der Waals surface area contributed by atoms with Crippen LogP contribution in [0.15, 0.2) is 68.9 Å². The van der Waals surface area contributed by atoms with Crippen molar-refractivity contribution in [2.75, 3.05) is 19.0 Å². The van der Waals surface area contributed by atoms with Gasteiger partial charge in [0.2, 0.25) is 26.6 Å². The minimum Gasteiger partial charge on any atom is -0.423 e. The summed E-state index contributed by atoms with van der Waals surface area (Å²) in [6.07, 6.45) is 0.376. The molecule has 0 aliphatic rings. The fourth-order valence-electron chi connectivity index (χ4n) is 2.37. The van der Waals surface area contributed by atoms with Gasteiger partial charge in [-0.2, -0.15) is 4.98 Å². The molecular weight excluding hydrogens is 343 g/mol. The number of anilines is 1. The number of benzene rings is 2. The maximum atomic E-state index is 13.1. The Balaban J connectivity index is 2.04. The van der Waals surface area contributed by atoms with E-state index in [9.17, 15) is 12.8 Å². The van der Waals surface area contributed by atoms with Gasteiger partial charge in [0, 0.05) is 20.5 Å². The molecule has 0 saturated heterocycles. The van der Waals surface area contributed by atoms with Crippen molar-refractivity contribution in [2.45, 2.75) is 16.3 Å². The Morgan fingerprint density at radius 3 is 2.28 bits per heavy atom. The Morgan fingerprint density at radius 2 is 1.68 bits per heavy atom. The summed E-state index contributed by atoms with van der Waals surface area (Å²) in [6, 6.07) is 14.1. The van der Waals surface area contributed by atoms with Crippen LogP contribution in [0.4, 0.5) is 10.3 Å². The van der Waals surface area contributed by atoms with E-state index < -0.39 is 15.7 Å². The molecule has 0 bridgehead atoms. The quantitative estimate of drug-likeness (QED) is 0.653. The summed E-state index contributed by atoms with van der Waals surface area (Å²) in [5.74, 6) is -0.0532. The topological polar surface area (TPSA) is 63.4 Å². The highest BCUT2D eigenvalue weighted by molar-refractivity contribution is 7.91. The Bertz CT molecular complexity index is 965. The SMILES string of the molecule is CN(C)c1oc(Cc2ccccc2)nc1S(=O)(=O)c1ccc(F)cc1. The largest absolute Gasteiger partial charge is 0.423 e. The summed E-state index contributed by atoms with van der Waals surface area (Å²) in [5.41, 5.74) is 0.958. The van der Waals surface area contributed by atoms with E-state index in [2.05, 4.69) is 4.98 Å². The van der Waals surface area contributed by atoms with Crippen molar-refractivity contribution in [1.82, 2.24) is 4.98 Å². The van der Waals surface area contributed by atoms with E-state index in [-0.39, 0.29) is 15.8 Å². The van der Waals surface area contributed by atoms with Gasteiger partial charge in [0.1, 0.15) is 5.82 Å². The van der Waals surface area contributed by atoms with Gasteiger partial charge in [-0.25, -0.2) is 12.8 Å². The van der Waals surface area contributed by atoms with Gasteiger partial charge >= 0.3 is 0 Å². The highest BCUT2D eigenvalue weighted by atomic mass is 32.2. The normalized spacial score (nSPS) is 11.5. The van der Waals surface area contributed by atoms with Crippen LogP contribution in [0, 0.1) is 5.82 Å². The Hall–Kier alpha value is -2.67. The molecule has 0 atom stereocenters. The molecule has 0 spiro atoms. The molecule has 2 aromatic carbocycles. The van der Waals surface area contributed by atoms with Crippen molar-refractivity contribution in [2.24, 2.45) is 0 Å². The van der Waals surface area contributed by atoms with E-state index in [4.69, 9.17) is 4.42 Å². The number of aromatic nitrogens is 1. The minimum absolute atomic E-state index is 0.0310. The first kappa shape index (κ1) is 17.2. The Morgan fingerprint density at radius 1 is 1.04 bits per heavy atom. The summed E-state index contributed by atoms with van der Waals surface area (Å²) in [4.78, 5) is 5.73. The van der Waals surface area contributed by atoms with Crippen LogP contribution in [0.1, 0.15) is 11.5 Å². The van der Waals surface area contributed by atoms with Crippen LogP contribution in [0.25, 0.3) is 0 Å². The second-order valence-electron chi connectivity index (χ2n) is 5.73. The molecule has 1 heterocycles. The lowest BCUT2D eigenvalue weighted by Gasteiger charge is -2.10. The molecule has 3 rings (SSSR count). The number of oxazole rings is 1. The third kappa shape index (κ3) is 3.56. The van der Waals surface area contributed by atoms with Gasteiger partial charge < -0.3 is 9.32 Å². The van der Waals surface area contributed by atoms with E-state index in [0.717, 1.165) is 17.7 Å². The Labute approximate surface area is 145 Å². The number of nitrogens with zero attached hydrogens (tertiary/aromatic N) is 2. The molecule has 0 saturated carbocycles. The maximum Gasteiger partial charge on any atom is 0.235 e. The van der Waals surface area contributed by atoms with Crippen LogP contribution in [-0.2, 0) is 16.3 Å². The van der Waals surface area contributed by atoms with Crippen LogP contribution in [-0.4, -0.2) is 27.5 Å². The Kier molecular flexibility index (Phi) is 4.59. The van der Waals surface area contributed by atoms with Crippen LogP contribution >= 0.6 is 0 Å². The number of rotatable bonds is 5. The van der Waals surface area contributed by atoms with Gasteiger partial charge in [0.25, 0.3) is 0 Å². The lowest BCUT2D eigenvalue weighted by atomic mass is 10.2. The smallest absolute Gasteiger partial charge is 0.235 e. The van der Waals surface area contributed by atoms with Gasteiger partial charge in [0.05, 0.1) is 4.90 Å². The van der Waals surface area contributed by atoms with Gasteiger partial charge in [-0.05, 0) is 29.8 Å². The van der Waals surface area contributed by atoms with Gasteiger partial charge in [-0.3, -0.25) is 0 Å². The molecule has 0 amide bonds. The van der Waals surface area contributed by atoms with Crippen LogP contribution in [0.2, 0.25) is 0 Å². The average Bonchev–Trinajstić information content (AvgIpc) is 3.01. The van der Waals surface area contributed by atoms with E-state index in [1.807, 2.05) is 30.3 Å². The van der Waals surface area contributed by atoms with Crippen molar-refractivity contribution >= 4 is 15.7 Å². The summed E-state index contributed by atoms with van der Waals surface area (Å²) >= 11 is 0. The molecule has 0 fully saturated rings. The zero-order valence-corrected chi connectivity index (χ0v) is 14.6. The van der Waals surface area contributed by atoms with Crippen molar-refractivity contribution in [3.63, 3.8) is 0 Å². The molecule has 25 heavy (non-hydrogen) atoms. The molecular formula is C18H17FN2O3S. The molecule has 7 heteroatoms.